The van der Waals surface area contributed by atoms with Crippen molar-refractivity contribution in [2.24, 2.45) is 0 Å². The second kappa shape index (κ2) is 9.30. The van der Waals surface area contributed by atoms with Crippen LogP contribution in [0.15, 0.2) is 59.0 Å². The lowest BCUT2D eigenvalue weighted by atomic mass is 10.1. The molecule has 0 aliphatic rings. The van der Waals surface area contributed by atoms with Gasteiger partial charge in [-0.05, 0) is 55.8 Å². The summed E-state index contributed by atoms with van der Waals surface area (Å²) in [5.74, 6) is 2.03. The van der Waals surface area contributed by atoms with Crippen LogP contribution in [-0.4, -0.2) is 24.2 Å². The number of hydrogen-bond acceptors (Lipinski definition) is 5. The maximum Gasteiger partial charge on any atom is 0.255 e. The van der Waals surface area contributed by atoms with Crippen LogP contribution in [0, 0.1) is 0 Å². The van der Waals surface area contributed by atoms with Crippen LogP contribution in [0.4, 0.5) is 5.69 Å². The zero-order chi connectivity index (χ0) is 20.8. The number of furan rings is 1. The van der Waals surface area contributed by atoms with Crippen LogP contribution >= 0.6 is 0 Å². The molecule has 1 amide bonds. The van der Waals surface area contributed by atoms with Crippen LogP contribution in [0.25, 0.3) is 11.3 Å². The third-order valence-corrected chi connectivity index (χ3v) is 4.55. The molecule has 6 heteroatoms. The second-order valence-corrected chi connectivity index (χ2v) is 6.66. The lowest BCUT2D eigenvalue weighted by Gasteiger charge is -2.14. The number of nitrogens with one attached hydrogen (secondary N) is 1. The van der Waals surface area contributed by atoms with Crippen LogP contribution < -0.4 is 14.8 Å². The predicted octanol–water partition coefficient (Wildman–Crippen LogP) is 4.88. The molecule has 0 radical (unpaired) electrons. The number of hydrogen-bond donors (Lipinski definition) is 2. The van der Waals surface area contributed by atoms with Gasteiger partial charge in [-0.25, -0.2) is 0 Å². The van der Waals surface area contributed by atoms with Crippen molar-refractivity contribution in [1.82, 2.24) is 0 Å². The fourth-order valence-electron chi connectivity index (χ4n) is 2.81. The highest BCUT2D eigenvalue weighted by Crippen LogP contribution is 2.33. The Morgan fingerprint density at radius 1 is 1.17 bits per heavy atom. The van der Waals surface area contributed by atoms with Crippen molar-refractivity contribution in [3.8, 4) is 22.8 Å². The molecule has 152 valence electrons. The number of ether oxygens (including phenoxy) is 2. The van der Waals surface area contributed by atoms with E-state index in [-0.39, 0.29) is 18.6 Å². The maximum atomic E-state index is 12.7. The highest BCUT2D eigenvalue weighted by atomic mass is 16.5. The number of anilines is 1. The first-order valence-electron chi connectivity index (χ1n) is 9.50. The summed E-state index contributed by atoms with van der Waals surface area (Å²) < 4.78 is 16.8. The first-order valence-corrected chi connectivity index (χ1v) is 9.50. The number of carbonyl (C=O) groups is 1. The average molecular weight is 395 g/mol. The van der Waals surface area contributed by atoms with Crippen LogP contribution in [0.1, 0.15) is 36.4 Å². The molecule has 2 aromatic carbocycles. The van der Waals surface area contributed by atoms with Crippen LogP contribution in [0.5, 0.6) is 11.5 Å². The molecule has 0 fully saturated rings. The van der Waals surface area contributed by atoms with Crippen molar-refractivity contribution in [3.63, 3.8) is 0 Å². The second-order valence-electron chi connectivity index (χ2n) is 6.66. The number of aliphatic hydroxyl groups excluding tert-OH is 1. The summed E-state index contributed by atoms with van der Waals surface area (Å²) in [6.45, 7) is 3.87. The van der Waals surface area contributed by atoms with Gasteiger partial charge in [-0.2, -0.15) is 0 Å². The predicted molar refractivity (Wildman–Crippen MR) is 111 cm³/mol. The molecule has 0 aliphatic heterocycles. The minimum Gasteiger partial charge on any atom is -0.496 e. The van der Waals surface area contributed by atoms with Crippen molar-refractivity contribution in [2.45, 2.75) is 33.0 Å². The number of benzene rings is 2. The molecule has 1 atom stereocenters. The average Bonchev–Trinajstić information content (AvgIpc) is 3.22. The van der Waals surface area contributed by atoms with E-state index in [1.165, 1.54) is 0 Å². The van der Waals surface area contributed by atoms with Crippen LogP contribution in [0.3, 0.4) is 0 Å². The molecule has 0 saturated heterocycles. The minimum atomic E-state index is -0.241. The molecule has 0 unspecified atom stereocenters. The van der Waals surface area contributed by atoms with Crippen LogP contribution in [-0.2, 0) is 6.61 Å². The summed E-state index contributed by atoms with van der Waals surface area (Å²) in [5, 5.41) is 12.1. The monoisotopic (exact) mass is 395 g/mol. The first-order chi connectivity index (χ1) is 14.0. The summed E-state index contributed by atoms with van der Waals surface area (Å²) in [7, 11) is 1.55. The van der Waals surface area contributed by atoms with Crippen molar-refractivity contribution >= 4 is 11.6 Å². The Bertz CT molecular complexity index is 979. The van der Waals surface area contributed by atoms with Crippen molar-refractivity contribution in [1.29, 1.82) is 0 Å². The number of aliphatic hydroxyl groups is 1. The van der Waals surface area contributed by atoms with E-state index >= 15 is 0 Å². The maximum absolute atomic E-state index is 12.7. The largest absolute Gasteiger partial charge is 0.496 e. The number of carbonyl (C=O) groups excluding carboxylic acids is 1. The van der Waals surface area contributed by atoms with Crippen molar-refractivity contribution in [2.75, 3.05) is 12.4 Å². The summed E-state index contributed by atoms with van der Waals surface area (Å²) in [5.41, 5.74) is 1.83. The standard InChI is InChI=1S/C23H25NO5/c1-4-15(2)28-18-7-5-6-16(12-18)23(26)24-17-8-10-20(22(13-17)27-3)21-11-9-19(14-25)29-21/h5-13,15,25H,4,14H2,1-3H3,(H,24,26)/t15-/m1/s1. The molecule has 0 bridgehead atoms. The number of rotatable bonds is 8. The Hall–Kier alpha value is -3.25. The Balaban J connectivity index is 1.78. The molecular formula is C23H25NO5. The summed E-state index contributed by atoms with van der Waals surface area (Å²) in [6, 6.07) is 15.9. The topological polar surface area (TPSA) is 80.9 Å². The van der Waals surface area contributed by atoms with E-state index < -0.39 is 0 Å². The summed E-state index contributed by atoms with van der Waals surface area (Å²) >= 11 is 0. The highest BCUT2D eigenvalue weighted by Gasteiger charge is 2.14. The zero-order valence-corrected chi connectivity index (χ0v) is 16.8. The van der Waals surface area contributed by atoms with Gasteiger partial charge >= 0.3 is 0 Å². The molecule has 29 heavy (non-hydrogen) atoms. The van der Waals surface area contributed by atoms with Crippen molar-refractivity contribution < 1.29 is 23.8 Å². The molecule has 1 heterocycles. The van der Waals surface area contributed by atoms with E-state index in [2.05, 4.69) is 5.32 Å². The first kappa shape index (κ1) is 20.5. The minimum absolute atomic E-state index is 0.0815. The third-order valence-electron chi connectivity index (χ3n) is 4.55. The van der Waals surface area contributed by atoms with Gasteiger partial charge in [-0.1, -0.05) is 13.0 Å². The smallest absolute Gasteiger partial charge is 0.255 e. The summed E-state index contributed by atoms with van der Waals surface area (Å²) in [6.07, 6.45) is 0.968. The fraction of sp³-hybridized carbons (Fsp3) is 0.261. The number of amides is 1. The fourth-order valence-corrected chi connectivity index (χ4v) is 2.81. The molecule has 3 aromatic rings. The van der Waals surface area contributed by atoms with Gasteiger partial charge < -0.3 is 24.3 Å². The molecule has 3 rings (SSSR count). The van der Waals surface area contributed by atoms with Gasteiger partial charge in [0.15, 0.2) is 0 Å². The molecule has 2 N–H and O–H groups in total. The Morgan fingerprint density at radius 2 is 2.00 bits per heavy atom. The normalized spacial score (nSPS) is 11.7. The van der Waals surface area contributed by atoms with E-state index in [1.807, 2.05) is 19.9 Å². The molecule has 1 aromatic heterocycles. The van der Waals surface area contributed by atoms with Gasteiger partial charge in [0.1, 0.15) is 29.6 Å². The van der Waals surface area contributed by atoms with Gasteiger partial charge in [-0.3, -0.25) is 4.79 Å². The third kappa shape index (κ3) is 4.97. The van der Waals surface area contributed by atoms with E-state index in [0.717, 1.165) is 12.0 Å². The Kier molecular flexibility index (Phi) is 6.57. The quantitative estimate of drug-likeness (QED) is 0.568. The lowest BCUT2D eigenvalue weighted by molar-refractivity contribution is 0.102. The van der Waals surface area contributed by atoms with Gasteiger partial charge in [-0.15, -0.1) is 0 Å². The van der Waals surface area contributed by atoms with Crippen molar-refractivity contribution in [3.05, 3.63) is 65.9 Å². The Morgan fingerprint density at radius 3 is 2.69 bits per heavy atom. The molecule has 0 spiro atoms. The zero-order valence-electron chi connectivity index (χ0n) is 16.8. The van der Waals surface area contributed by atoms with Gasteiger partial charge in [0.05, 0.1) is 18.8 Å². The summed E-state index contributed by atoms with van der Waals surface area (Å²) in [4.78, 5) is 12.7. The SMILES string of the molecule is CC[C@@H](C)Oc1cccc(C(=O)Nc2ccc(-c3ccc(CO)o3)c(OC)c2)c1. The van der Waals surface area contributed by atoms with E-state index in [1.54, 1.807) is 55.6 Å². The Labute approximate surface area is 170 Å². The molecular weight excluding hydrogens is 370 g/mol. The van der Waals surface area contributed by atoms with E-state index in [4.69, 9.17) is 13.9 Å². The van der Waals surface area contributed by atoms with E-state index in [0.29, 0.717) is 34.3 Å². The molecule has 6 nitrogen and oxygen atoms in total. The van der Waals surface area contributed by atoms with Crippen LogP contribution in [0.2, 0.25) is 0 Å². The lowest BCUT2D eigenvalue weighted by Crippen LogP contribution is -2.13. The molecule has 0 saturated carbocycles. The highest BCUT2D eigenvalue weighted by molar-refractivity contribution is 6.04. The van der Waals surface area contributed by atoms with Gasteiger partial charge in [0.2, 0.25) is 0 Å². The number of methoxy groups -OCH3 is 1. The van der Waals surface area contributed by atoms with Gasteiger partial charge in [0.25, 0.3) is 5.91 Å². The van der Waals surface area contributed by atoms with E-state index in [9.17, 15) is 9.90 Å². The van der Waals surface area contributed by atoms with Gasteiger partial charge in [0, 0.05) is 17.3 Å². The molecule has 0 aliphatic carbocycles.